The molecule has 0 aromatic heterocycles. The normalized spacial score (nSPS) is 16.5. The maximum absolute atomic E-state index is 8.57. The van der Waals surface area contributed by atoms with E-state index in [9.17, 15) is 0 Å². The fourth-order valence-electron chi connectivity index (χ4n) is 1.92. The van der Waals surface area contributed by atoms with E-state index >= 15 is 0 Å². The summed E-state index contributed by atoms with van der Waals surface area (Å²) in [6.07, 6.45) is 2.12. The van der Waals surface area contributed by atoms with Gasteiger partial charge in [-0.2, -0.15) is 15.6 Å². The quantitative estimate of drug-likeness (QED) is 0.612. The van der Waals surface area contributed by atoms with Crippen LogP contribution in [0.15, 0.2) is 23.3 Å². The predicted octanol–water partition coefficient (Wildman–Crippen LogP) is 2.25. The Hall–Kier alpha value is -2.53. The summed E-state index contributed by atoms with van der Waals surface area (Å²) in [7, 11) is 0. The second kappa shape index (κ2) is 5.20. The van der Waals surface area contributed by atoms with Gasteiger partial charge >= 0.3 is 0 Å². The third-order valence-electron chi connectivity index (χ3n) is 2.86. The predicted molar refractivity (Wildman–Crippen MR) is 70.1 cm³/mol. The van der Waals surface area contributed by atoms with Crippen molar-refractivity contribution >= 4 is 17.1 Å². The van der Waals surface area contributed by atoms with Crippen LogP contribution < -0.4 is 10.7 Å². The van der Waals surface area contributed by atoms with Crippen molar-refractivity contribution in [2.45, 2.75) is 25.8 Å². The van der Waals surface area contributed by atoms with E-state index in [1.54, 1.807) is 12.1 Å². The molecule has 0 bridgehead atoms. The van der Waals surface area contributed by atoms with Crippen LogP contribution in [0.2, 0.25) is 0 Å². The second-order valence-electron chi connectivity index (χ2n) is 4.25. The fourth-order valence-corrected chi connectivity index (χ4v) is 1.92. The van der Waals surface area contributed by atoms with Crippen LogP contribution in [0.5, 0.6) is 0 Å². The van der Waals surface area contributed by atoms with E-state index in [2.05, 4.69) is 22.8 Å². The molecule has 1 heterocycles. The number of hydrazone groups is 1. The Morgan fingerprint density at radius 3 is 2.94 bits per heavy atom. The fraction of sp³-hybridized carbons (Fsp3) is 0.308. The molecular formula is C13H13N5. The lowest BCUT2D eigenvalue weighted by Gasteiger charge is -2.24. The van der Waals surface area contributed by atoms with E-state index in [0.29, 0.717) is 6.04 Å². The van der Waals surface area contributed by atoms with Crippen LogP contribution in [0.25, 0.3) is 0 Å². The summed E-state index contributed by atoms with van der Waals surface area (Å²) in [6, 6.07) is 9.76. The van der Waals surface area contributed by atoms with Gasteiger partial charge in [0.15, 0.2) is 0 Å². The Labute approximate surface area is 106 Å². The van der Waals surface area contributed by atoms with Crippen LogP contribution >= 0.6 is 0 Å². The summed E-state index contributed by atoms with van der Waals surface area (Å²) in [6.45, 7) is 2.16. The molecule has 2 N–H and O–H groups in total. The van der Waals surface area contributed by atoms with Gasteiger partial charge in [0.05, 0.1) is 5.69 Å². The average Bonchev–Trinajstić information content (AvgIpc) is 2.40. The number of nitrogens with one attached hydrogen (secondary N) is 2. The standard InChI is InChI=1S/C13H13N5/c1-9-2-3-10-6-11(4-5-13(10)16-9)17-18-12(7-14)8-15/h4-6,9,16-17H,2-3H2,1H3. The van der Waals surface area contributed by atoms with Crippen molar-refractivity contribution in [3.8, 4) is 12.1 Å². The summed E-state index contributed by atoms with van der Waals surface area (Å²) < 4.78 is 0. The highest BCUT2D eigenvalue weighted by atomic mass is 15.3. The number of anilines is 2. The maximum Gasteiger partial charge on any atom is 0.237 e. The molecular weight excluding hydrogens is 226 g/mol. The molecule has 0 saturated carbocycles. The Balaban J connectivity index is 2.16. The van der Waals surface area contributed by atoms with Crippen molar-refractivity contribution in [2.75, 3.05) is 10.7 Å². The van der Waals surface area contributed by atoms with Gasteiger partial charge in [-0.05, 0) is 43.5 Å². The highest BCUT2D eigenvalue weighted by molar-refractivity contribution is 6.10. The summed E-state index contributed by atoms with van der Waals surface area (Å²) in [5.41, 5.74) is 5.70. The minimum Gasteiger partial charge on any atom is -0.382 e. The van der Waals surface area contributed by atoms with Crippen molar-refractivity contribution < 1.29 is 0 Å². The maximum atomic E-state index is 8.57. The van der Waals surface area contributed by atoms with Gasteiger partial charge in [-0.3, -0.25) is 5.43 Å². The molecule has 0 amide bonds. The lowest BCUT2D eigenvalue weighted by molar-refractivity contribution is 0.681. The number of rotatable bonds is 2. The molecule has 5 nitrogen and oxygen atoms in total. The van der Waals surface area contributed by atoms with E-state index in [4.69, 9.17) is 10.5 Å². The Bertz CT molecular complexity index is 546. The summed E-state index contributed by atoms with van der Waals surface area (Å²) >= 11 is 0. The van der Waals surface area contributed by atoms with Crippen molar-refractivity contribution in [3.63, 3.8) is 0 Å². The van der Waals surface area contributed by atoms with Gasteiger partial charge in [-0.25, -0.2) is 0 Å². The lowest BCUT2D eigenvalue weighted by atomic mass is 9.98. The van der Waals surface area contributed by atoms with Crippen molar-refractivity contribution in [1.82, 2.24) is 0 Å². The van der Waals surface area contributed by atoms with E-state index in [-0.39, 0.29) is 5.71 Å². The number of aryl methyl sites for hydroxylation is 1. The zero-order valence-corrected chi connectivity index (χ0v) is 10.1. The van der Waals surface area contributed by atoms with Crippen LogP contribution in [0.3, 0.4) is 0 Å². The third-order valence-corrected chi connectivity index (χ3v) is 2.86. The highest BCUT2D eigenvalue weighted by Crippen LogP contribution is 2.27. The molecule has 1 aromatic carbocycles. The number of nitrogens with zero attached hydrogens (tertiary/aromatic N) is 3. The van der Waals surface area contributed by atoms with Gasteiger partial charge in [-0.1, -0.05) is 0 Å². The molecule has 0 saturated heterocycles. The highest BCUT2D eigenvalue weighted by Gasteiger charge is 2.13. The molecule has 0 spiro atoms. The van der Waals surface area contributed by atoms with E-state index in [0.717, 1.165) is 24.2 Å². The van der Waals surface area contributed by atoms with Gasteiger partial charge < -0.3 is 5.32 Å². The van der Waals surface area contributed by atoms with Gasteiger partial charge in [0.25, 0.3) is 0 Å². The van der Waals surface area contributed by atoms with Crippen LogP contribution in [0, 0.1) is 22.7 Å². The van der Waals surface area contributed by atoms with Gasteiger partial charge in [0, 0.05) is 11.7 Å². The topological polar surface area (TPSA) is 84.0 Å². The molecule has 1 aromatic rings. The zero-order valence-electron chi connectivity index (χ0n) is 10.1. The summed E-state index contributed by atoms with van der Waals surface area (Å²) in [4.78, 5) is 0. The molecule has 1 aliphatic heterocycles. The smallest absolute Gasteiger partial charge is 0.237 e. The summed E-state index contributed by atoms with van der Waals surface area (Å²) in [5, 5.41) is 24.3. The molecule has 90 valence electrons. The molecule has 1 aliphatic rings. The molecule has 0 fully saturated rings. The second-order valence-corrected chi connectivity index (χ2v) is 4.25. The van der Waals surface area contributed by atoms with Crippen LogP contribution in [0.4, 0.5) is 11.4 Å². The first-order valence-electron chi connectivity index (χ1n) is 5.76. The van der Waals surface area contributed by atoms with E-state index in [1.165, 1.54) is 5.56 Å². The van der Waals surface area contributed by atoms with E-state index < -0.39 is 0 Å². The minimum atomic E-state index is -0.181. The van der Waals surface area contributed by atoms with Crippen molar-refractivity contribution in [2.24, 2.45) is 5.10 Å². The van der Waals surface area contributed by atoms with E-state index in [1.807, 2.05) is 18.2 Å². The van der Waals surface area contributed by atoms with Gasteiger partial charge in [-0.15, -0.1) is 0 Å². The largest absolute Gasteiger partial charge is 0.382 e. The Kier molecular flexibility index (Phi) is 3.45. The number of benzene rings is 1. The molecule has 1 unspecified atom stereocenters. The number of fused-ring (bicyclic) bond motifs is 1. The van der Waals surface area contributed by atoms with Gasteiger partial charge in [0.1, 0.15) is 12.1 Å². The number of nitriles is 2. The molecule has 18 heavy (non-hydrogen) atoms. The average molecular weight is 239 g/mol. The molecule has 1 atom stereocenters. The Morgan fingerprint density at radius 2 is 2.22 bits per heavy atom. The monoisotopic (exact) mass is 239 g/mol. The molecule has 2 rings (SSSR count). The summed E-state index contributed by atoms with van der Waals surface area (Å²) in [5.74, 6) is 0. The lowest BCUT2D eigenvalue weighted by Crippen LogP contribution is -2.21. The number of hydrogen-bond donors (Lipinski definition) is 2. The number of hydrogen-bond acceptors (Lipinski definition) is 5. The zero-order chi connectivity index (χ0) is 13.0. The SMILES string of the molecule is CC1CCc2cc(NN=C(C#N)C#N)ccc2N1. The van der Waals surface area contributed by atoms with Crippen LogP contribution in [0.1, 0.15) is 18.9 Å². The van der Waals surface area contributed by atoms with Crippen LogP contribution in [-0.4, -0.2) is 11.8 Å². The molecule has 5 heteroatoms. The molecule has 0 aliphatic carbocycles. The molecule has 0 radical (unpaired) electrons. The van der Waals surface area contributed by atoms with Crippen molar-refractivity contribution in [1.29, 1.82) is 10.5 Å². The first-order valence-corrected chi connectivity index (χ1v) is 5.76. The first-order chi connectivity index (χ1) is 8.72. The van der Waals surface area contributed by atoms with Crippen molar-refractivity contribution in [3.05, 3.63) is 23.8 Å². The minimum absolute atomic E-state index is 0.181. The third kappa shape index (κ3) is 2.58. The Morgan fingerprint density at radius 1 is 1.44 bits per heavy atom. The van der Waals surface area contributed by atoms with Crippen LogP contribution in [-0.2, 0) is 6.42 Å². The first kappa shape index (κ1) is 11.9. The van der Waals surface area contributed by atoms with Gasteiger partial charge in [0.2, 0.25) is 5.71 Å².